The van der Waals surface area contributed by atoms with Gasteiger partial charge >= 0.3 is 0 Å². The topological polar surface area (TPSA) is 71.4 Å². The molecule has 0 radical (unpaired) electrons. The number of hydrogen-bond donors (Lipinski definition) is 1. The van der Waals surface area contributed by atoms with Gasteiger partial charge in [-0.2, -0.15) is 0 Å². The molecule has 1 aliphatic heterocycles. The predicted molar refractivity (Wildman–Crippen MR) is 78.3 cm³/mol. The van der Waals surface area contributed by atoms with Crippen molar-refractivity contribution in [3.63, 3.8) is 0 Å². The molecule has 1 aliphatic rings. The van der Waals surface area contributed by atoms with Crippen LogP contribution in [0.25, 0.3) is 0 Å². The Kier molecular flexibility index (Phi) is 3.39. The van der Waals surface area contributed by atoms with E-state index in [0.29, 0.717) is 11.1 Å². The summed E-state index contributed by atoms with van der Waals surface area (Å²) in [5.74, 6) is -0.657. The van der Waals surface area contributed by atoms with E-state index in [1.165, 1.54) is 0 Å². The number of sulfone groups is 1. The third kappa shape index (κ3) is 2.18. The van der Waals surface area contributed by atoms with E-state index >= 15 is 0 Å². The van der Waals surface area contributed by atoms with Crippen LogP contribution in [-0.4, -0.2) is 25.4 Å². The van der Waals surface area contributed by atoms with Crippen LogP contribution in [0.15, 0.2) is 60.7 Å². The van der Waals surface area contributed by atoms with E-state index in [4.69, 9.17) is 0 Å². The first-order valence-corrected chi connectivity index (χ1v) is 8.19. The van der Waals surface area contributed by atoms with Crippen LogP contribution in [0.5, 0.6) is 0 Å². The second-order valence-electron chi connectivity index (χ2n) is 5.06. The van der Waals surface area contributed by atoms with Gasteiger partial charge in [0.1, 0.15) is 16.6 Å². The lowest BCUT2D eigenvalue weighted by atomic mass is 10.0. The van der Waals surface area contributed by atoms with Crippen LogP contribution in [-0.2, 0) is 14.6 Å². The fourth-order valence-corrected chi connectivity index (χ4v) is 5.11. The number of benzene rings is 2. The van der Waals surface area contributed by atoms with Crippen LogP contribution in [0.1, 0.15) is 21.6 Å². The van der Waals surface area contributed by atoms with Gasteiger partial charge in [-0.15, -0.1) is 0 Å². The summed E-state index contributed by atoms with van der Waals surface area (Å²) in [4.78, 5) is 12.3. The molecule has 3 atom stereocenters. The number of Topliss-reactive ketones (excluding diaryl/α,β-unsaturated/α-hetero) is 1. The first-order valence-electron chi connectivity index (χ1n) is 6.58. The standard InChI is InChI=1S/C16H14O4S/c17-13-14(18)16(12-9-5-2-6-10-12)21(19,20)15(13)11-7-3-1-4-8-11/h1-10,13,15-17H. The minimum absolute atomic E-state index is 0.403. The Bertz CT molecular complexity index is 753. The van der Waals surface area contributed by atoms with Gasteiger partial charge in [-0.05, 0) is 11.1 Å². The highest BCUT2D eigenvalue weighted by molar-refractivity contribution is 7.93. The molecule has 0 aliphatic carbocycles. The molecule has 0 bridgehead atoms. The van der Waals surface area contributed by atoms with Gasteiger partial charge in [0.15, 0.2) is 15.6 Å². The molecule has 5 heteroatoms. The van der Waals surface area contributed by atoms with Crippen molar-refractivity contribution in [1.82, 2.24) is 0 Å². The molecule has 0 amide bonds. The molecular weight excluding hydrogens is 288 g/mol. The Labute approximate surface area is 123 Å². The lowest BCUT2D eigenvalue weighted by Gasteiger charge is -2.14. The normalized spacial score (nSPS) is 27.7. The number of aliphatic hydroxyl groups is 1. The second kappa shape index (κ2) is 5.09. The molecule has 1 heterocycles. The van der Waals surface area contributed by atoms with Gasteiger partial charge in [-0.3, -0.25) is 4.79 Å². The quantitative estimate of drug-likeness (QED) is 0.918. The third-order valence-corrected chi connectivity index (χ3v) is 6.15. The van der Waals surface area contributed by atoms with E-state index in [1.54, 1.807) is 60.7 Å². The monoisotopic (exact) mass is 302 g/mol. The second-order valence-corrected chi connectivity index (χ2v) is 7.22. The number of carbonyl (C=O) groups excluding carboxylic acids is 1. The summed E-state index contributed by atoms with van der Waals surface area (Å²) in [6.45, 7) is 0. The van der Waals surface area contributed by atoms with E-state index < -0.39 is 32.2 Å². The molecule has 1 saturated heterocycles. The van der Waals surface area contributed by atoms with Crippen molar-refractivity contribution in [2.24, 2.45) is 0 Å². The van der Waals surface area contributed by atoms with E-state index in [0.717, 1.165) is 0 Å². The summed E-state index contributed by atoms with van der Waals surface area (Å²) in [6, 6.07) is 16.7. The molecule has 2 aromatic carbocycles. The third-order valence-electron chi connectivity index (χ3n) is 3.75. The molecule has 108 valence electrons. The van der Waals surface area contributed by atoms with Crippen molar-refractivity contribution in [2.75, 3.05) is 0 Å². The number of aliphatic hydroxyl groups excluding tert-OH is 1. The minimum Gasteiger partial charge on any atom is -0.384 e. The summed E-state index contributed by atoms with van der Waals surface area (Å²) in [6.07, 6.45) is -1.53. The zero-order valence-corrected chi connectivity index (χ0v) is 11.9. The van der Waals surface area contributed by atoms with Crippen molar-refractivity contribution >= 4 is 15.6 Å². The van der Waals surface area contributed by atoms with Crippen LogP contribution < -0.4 is 0 Å². The summed E-state index contributed by atoms with van der Waals surface area (Å²) < 4.78 is 25.5. The highest BCUT2D eigenvalue weighted by atomic mass is 32.2. The lowest BCUT2D eigenvalue weighted by molar-refractivity contribution is -0.125. The Morgan fingerprint density at radius 2 is 1.29 bits per heavy atom. The molecule has 2 aromatic rings. The minimum atomic E-state index is -3.83. The number of hydrogen-bond acceptors (Lipinski definition) is 4. The number of ketones is 1. The largest absolute Gasteiger partial charge is 0.384 e. The van der Waals surface area contributed by atoms with Gasteiger partial charge in [0.05, 0.1) is 0 Å². The smallest absolute Gasteiger partial charge is 0.185 e. The molecular formula is C16H14O4S. The molecule has 21 heavy (non-hydrogen) atoms. The van der Waals surface area contributed by atoms with E-state index in [-0.39, 0.29) is 0 Å². The first kappa shape index (κ1) is 14.0. The van der Waals surface area contributed by atoms with Crippen LogP contribution >= 0.6 is 0 Å². The van der Waals surface area contributed by atoms with Crippen molar-refractivity contribution in [2.45, 2.75) is 16.6 Å². The summed E-state index contributed by atoms with van der Waals surface area (Å²) >= 11 is 0. The zero-order chi connectivity index (χ0) is 15.0. The van der Waals surface area contributed by atoms with Crippen molar-refractivity contribution < 1.29 is 18.3 Å². The predicted octanol–water partition coefficient (Wildman–Crippen LogP) is 1.83. The van der Waals surface area contributed by atoms with E-state index in [9.17, 15) is 18.3 Å². The molecule has 0 saturated carbocycles. The Hall–Kier alpha value is -1.98. The fourth-order valence-electron chi connectivity index (χ4n) is 2.79. The van der Waals surface area contributed by atoms with Gasteiger partial charge in [-0.1, -0.05) is 60.7 Å². The van der Waals surface area contributed by atoms with Crippen LogP contribution in [0.2, 0.25) is 0 Å². The van der Waals surface area contributed by atoms with Gasteiger partial charge in [0.25, 0.3) is 0 Å². The summed E-state index contributed by atoms with van der Waals surface area (Å²) in [5, 5.41) is 7.66. The molecule has 3 unspecified atom stereocenters. The highest BCUT2D eigenvalue weighted by Crippen LogP contribution is 2.44. The zero-order valence-electron chi connectivity index (χ0n) is 11.1. The Balaban J connectivity index is 2.13. The first-order chi connectivity index (χ1) is 10.0. The van der Waals surface area contributed by atoms with Crippen molar-refractivity contribution in [1.29, 1.82) is 0 Å². The fraction of sp³-hybridized carbons (Fsp3) is 0.188. The highest BCUT2D eigenvalue weighted by Gasteiger charge is 2.54. The van der Waals surface area contributed by atoms with Gasteiger partial charge < -0.3 is 5.11 Å². The molecule has 1 fully saturated rings. The molecule has 0 aromatic heterocycles. The lowest BCUT2D eigenvalue weighted by Crippen LogP contribution is -2.21. The van der Waals surface area contributed by atoms with Gasteiger partial charge in [-0.25, -0.2) is 8.42 Å². The van der Waals surface area contributed by atoms with Crippen molar-refractivity contribution in [3.05, 3.63) is 71.8 Å². The average molecular weight is 302 g/mol. The van der Waals surface area contributed by atoms with Crippen LogP contribution in [0, 0.1) is 0 Å². The summed E-state index contributed by atoms with van der Waals surface area (Å²) in [5.41, 5.74) is 0.844. The average Bonchev–Trinajstić information content (AvgIpc) is 2.66. The summed E-state index contributed by atoms with van der Waals surface area (Å²) in [7, 11) is -3.83. The number of carbonyl (C=O) groups is 1. The molecule has 4 nitrogen and oxygen atoms in total. The maximum Gasteiger partial charge on any atom is 0.185 e. The molecule has 1 N–H and O–H groups in total. The van der Waals surface area contributed by atoms with E-state index in [1.807, 2.05) is 0 Å². The molecule has 0 spiro atoms. The SMILES string of the molecule is O=C1C(O)C(c2ccccc2)S(=O)(=O)C1c1ccccc1. The molecule has 3 rings (SSSR count). The maximum atomic E-state index is 12.7. The van der Waals surface area contributed by atoms with Crippen LogP contribution in [0.4, 0.5) is 0 Å². The van der Waals surface area contributed by atoms with Gasteiger partial charge in [0, 0.05) is 0 Å². The van der Waals surface area contributed by atoms with Crippen molar-refractivity contribution in [3.8, 4) is 0 Å². The Morgan fingerprint density at radius 1 is 0.810 bits per heavy atom. The van der Waals surface area contributed by atoms with Crippen LogP contribution in [0.3, 0.4) is 0 Å². The maximum absolute atomic E-state index is 12.7. The number of rotatable bonds is 2. The van der Waals surface area contributed by atoms with Gasteiger partial charge in [0.2, 0.25) is 0 Å². The van der Waals surface area contributed by atoms with E-state index in [2.05, 4.69) is 0 Å². The Morgan fingerprint density at radius 3 is 1.81 bits per heavy atom.